The summed E-state index contributed by atoms with van der Waals surface area (Å²) >= 11 is 0. The van der Waals surface area contributed by atoms with Crippen LogP contribution in [0.5, 0.6) is 0 Å². The van der Waals surface area contributed by atoms with Gasteiger partial charge >= 0.3 is 5.97 Å². The van der Waals surface area contributed by atoms with Crippen LogP contribution in [0, 0.1) is 11.3 Å². The van der Waals surface area contributed by atoms with Crippen LogP contribution in [-0.2, 0) is 9.53 Å². The number of benzene rings is 1. The van der Waals surface area contributed by atoms with Crippen molar-refractivity contribution in [2.45, 2.75) is 0 Å². The molecule has 0 bridgehead atoms. The Morgan fingerprint density at radius 2 is 2.04 bits per heavy atom. The number of hydrogen-bond donors (Lipinski definition) is 0. The SMILES string of the molecule is CN(C)c1ccc(/C=C(\C#N)C(=O)OCC[N+]2(C)C=CN=C2)cc1.[Cl-]. The molecule has 0 N–H and O–H groups in total. The number of aliphatic imine (C=N–C) groups is 1. The largest absolute Gasteiger partial charge is 1.00 e. The van der Waals surface area contributed by atoms with E-state index in [1.165, 1.54) is 6.08 Å². The van der Waals surface area contributed by atoms with Crippen molar-refractivity contribution in [3.05, 3.63) is 47.8 Å². The molecule has 7 heteroatoms. The molecule has 1 atom stereocenters. The van der Waals surface area contributed by atoms with Gasteiger partial charge in [0.1, 0.15) is 31.0 Å². The van der Waals surface area contributed by atoms with Gasteiger partial charge in [0.25, 0.3) is 0 Å². The lowest BCUT2D eigenvalue weighted by atomic mass is 10.1. The fourth-order valence-corrected chi connectivity index (χ4v) is 2.14. The monoisotopic (exact) mass is 360 g/mol. The molecule has 1 aliphatic rings. The van der Waals surface area contributed by atoms with Gasteiger partial charge < -0.3 is 22.0 Å². The highest BCUT2D eigenvalue weighted by Gasteiger charge is 2.20. The summed E-state index contributed by atoms with van der Waals surface area (Å²) in [4.78, 5) is 18.1. The van der Waals surface area contributed by atoms with E-state index in [1.807, 2.05) is 62.6 Å². The summed E-state index contributed by atoms with van der Waals surface area (Å²) in [5.74, 6) is -0.610. The molecule has 1 aliphatic heterocycles. The lowest BCUT2D eigenvalue weighted by molar-refractivity contribution is -0.756. The van der Waals surface area contributed by atoms with Gasteiger partial charge in [0, 0.05) is 19.8 Å². The number of nitrogens with zero attached hydrogens (tertiary/aromatic N) is 4. The first kappa shape index (κ1) is 20.4. The first-order valence-electron chi connectivity index (χ1n) is 7.57. The molecule has 1 unspecified atom stereocenters. The zero-order valence-corrected chi connectivity index (χ0v) is 15.3. The maximum Gasteiger partial charge on any atom is 0.349 e. The van der Waals surface area contributed by atoms with Gasteiger partial charge in [0.2, 0.25) is 0 Å². The van der Waals surface area contributed by atoms with Crippen molar-refractivity contribution in [3.8, 4) is 6.07 Å². The van der Waals surface area contributed by atoms with Crippen LogP contribution in [0.2, 0.25) is 0 Å². The number of likely N-dealkylation sites (N-methyl/N-ethyl adjacent to an activating group) is 1. The maximum absolute atomic E-state index is 12.1. The van der Waals surface area contributed by atoms with E-state index >= 15 is 0 Å². The van der Waals surface area contributed by atoms with Crippen molar-refractivity contribution in [1.29, 1.82) is 5.26 Å². The molecule has 132 valence electrons. The lowest BCUT2D eigenvalue weighted by Gasteiger charge is -2.20. The Hall–Kier alpha value is -2.62. The summed E-state index contributed by atoms with van der Waals surface area (Å²) in [7, 11) is 5.85. The number of hydrogen-bond acceptors (Lipinski definition) is 5. The summed E-state index contributed by atoms with van der Waals surface area (Å²) in [6.07, 6.45) is 6.91. The van der Waals surface area contributed by atoms with Gasteiger partial charge in [-0.3, -0.25) is 4.48 Å². The van der Waals surface area contributed by atoms with Crippen LogP contribution in [0.25, 0.3) is 6.08 Å². The molecule has 1 heterocycles. The van der Waals surface area contributed by atoms with Crippen LogP contribution in [-0.4, -0.2) is 51.1 Å². The number of rotatable bonds is 6. The van der Waals surface area contributed by atoms with E-state index in [9.17, 15) is 10.1 Å². The fraction of sp³-hybridized carbons (Fsp3) is 0.278. The Morgan fingerprint density at radius 1 is 1.36 bits per heavy atom. The molecule has 0 aliphatic carbocycles. The summed E-state index contributed by atoms with van der Waals surface area (Å²) in [6.45, 7) is 0.784. The number of halogens is 1. The van der Waals surface area contributed by atoms with Crippen molar-refractivity contribution < 1.29 is 26.4 Å². The zero-order chi connectivity index (χ0) is 17.6. The predicted molar refractivity (Wildman–Crippen MR) is 94.0 cm³/mol. The molecular weight excluding hydrogens is 340 g/mol. The van der Waals surface area contributed by atoms with Crippen LogP contribution in [0.15, 0.2) is 47.2 Å². The molecule has 0 saturated carbocycles. The van der Waals surface area contributed by atoms with Gasteiger partial charge in [-0.15, -0.1) is 0 Å². The number of nitriles is 1. The van der Waals surface area contributed by atoms with Gasteiger partial charge in [-0.05, 0) is 23.8 Å². The number of ether oxygens (including phenoxy) is 1. The Balaban J connectivity index is 0.00000312. The molecule has 1 aromatic rings. The van der Waals surface area contributed by atoms with Crippen molar-refractivity contribution in [3.63, 3.8) is 0 Å². The summed E-state index contributed by atoms with van der Waals surface area (Å²) in [5, 5.41) is 9.20. The Kier molecular flexibility index (Phi) is 7.37. The maximum atomic E-state index is 12.1. The zero-order valence-electron chi connectivity index (χ0n) is 14.5. The predicted octanol–water partition coefficient (Wildman–Crippen LogP) is -0.834. The van der Waals surface area contributed by atoms with Gasteiger partial charge in [-0.1, -0.05) is 12.1 Å². The third-order valence-corrected chi connectivity index (χ3v) is 3.69. The first-order valence-corrected chi connectivity index (χ1v) is 7.57. The van der Waals surface area contributed by atoms with Gasteiger partial charge in [-0.2, -0.15) is 5.26 Å². The van der Waals surface area contributed by atoms with E-state index in [2.05, 4.69) is 4.99 Å². The minimum Gasteiger partial charge on any atom is -1.00 e. The van der Waals surface area contributed by atoms with Crippen LogP contribution >= 0.6 is 0 Å². The van der Waals surface area contributed by atoms with Crippen LogP contribution in [0.1, 0.15) is 5.56 Å². The highest BCUT2D eigenvalue weighted by Crippen LogP contribution is 2.15. The number of carbonyl (C=O) groups is 1. The fourth-order valence-electron chi connectivity index (χ4n) is 2.14. The molecule has 0 radical (unpaired) electrons. The summed E-state index contributed by atoms with van der Waals surface area (Å²) in [5.41, 5.74) is 1.81. The molecule has 6 nitrogen and oxygen atoms in total. The molecule has 25 heavy (non-hydrogen) atoms. The number of quaternary nitrogens is 1. The average molecular weight is 361 g/mol. The Bertz CT molecular complexity index is 718. The lowest BCUT2D eigenvalue weighted by Crippen LogP contribution is -3.00. The molecule has 0 spiro atoms. The van der Waals surface area contributed by atoms with Crippen molar-refractivity contribution >= 4 is 24.1 Å². The summed E-state index contributed by atoms with van der Waals surface area (Å²) in [6, 6.07) is 9.48. The molecule has 0 saturated heterocycles. The van der Waals surface area contributed by atoms with E-state index < -0.39 is 5.97 Å². The van der Waals surface area contributed by atoms with E-state index in [0.717, 1.165) is 11.3 Å². The number of esters is 1. The average Bonchev–Trinajstić information content (AvgIpc) is 2.99. The summed E-state index contributed by atoms with van der Waals surface area (Å²) < 4.78 is 5.68. The Labute approximate surface area is 154 Å². The number of carbonyl (C=O) groups excluding carboxylic acids is 1. The number of anilines is 1. The van der Waals surface area contributed by atoms with Crippen LogP contribution in [0.4, 0.5) is 5.69 Å². The quantitative estimate of drug-likeness (QED) is 0.287. The van der Waals surface area contributed by atoms with E-state index in [4.69, 9.17) is 4.74 Å². The van der Waals surface area contributed by atoms with Crippen molar-refractivity contribution in [1.82, 2.24) is 0 Å². The van der Waals surface area contributed by atoms with Crippen LogP contribution in [0.3, 0.4) is 0 Å². The highest BCUT2D eigenvalue weighted by molar-refractivity contribution is 5.97. The standard InChI is InChI=1S/C18H21N4O2.ClH/c1-21(2)17-6-4-15(5-7-17)12-16(13-19)18(23)24-11-10-22(3)9-8-20-14-22;/h4-9,12,14H,10-11H2,1-3H3;1H/q+1;/p-1/b16-12+;. The first-order chi connectivity index (χ1) is 11.4. The highest BCUT2D eigenvalue weighted by atomic mass is 35.5. The van der Waals surface area contributed by atoms with E-state index in [1.54, 1.807) is 12.5 Å². The van der Waals surface area contributed by atoms with E-state index in [-0.39, 0.29) is 24.6 Å². The van der Waals surface area contributed by atoms with Gasteiger partial charge in [0.15, 0.2) is 6.34 Å². The molecule has 0 aromatic heterocycles. The topological polar surface area (TPSA) is 65.7 Å². The molecule has 2 rings (SSSR count). The van der Waals surface area contributed by atoms with E-state index in [0.29, 0.717) is 11.0 Å². The Morgan fingerprint density at radius 3 is 2.56 bits per heavy atom. The normalized spacial score (nSPS) is 18.4. The van der Waals surface area contributed by atoms with Crippen molar-refractivity contribution in [2.24, 2.45) is 4.99 Å². The third kappa shape index (κ3) is 5.75. The van der Waals surface area contributed by atoms with Crippen LogP contribution < -0.4 is 17.3 Å². The second-order valence-electron chi connectivity index (χ2n) is 5.92. The second-order valence-corrected chi connectivity index (χ2v) is 5.92. The molecular formula is C18H21ClN4O2. The molecule has 0 amide bonds. The molecule has 1 aromatic carbocycles. The second kappa shape index (κ2) is 9.02. The molecule has 0 fully saturated rings. The van der Waals surface area contributed by atoms with Crippen molar-refractivity contribution in [2.75, 3.05) is 39.2 Å². The third-order valence-electron chi connectivity index (χ3n) is 3.69. The van der Waals surface area contributed by atoms with Gasteiger partial charge in [0.05, 0.1) is 13.2 Å². The minimum absolute atomic E-state index is 0. The smallest absolute Gasteiger partial charge is 0.349 e. The van der Waals surface area contributed by atoms with Gasteiger partial charge in [-0.25, -0.2) is 9.79 Å². The minimum atomic E-state index is -0.610.